The van der Waals surface area contributed by atoms with Crippen molar-refractivity contribution >= 4 is 0 Å². The fourth-order valence-electron chi connectivity index (χ4n) is 2.75. The molecule has 0 spiro atoms. The molecule has 17 heavy (non-hydrogen) atoms. The molecule has 0 aromatic heterocycles. The van der Waals surface area contributed by atoms with Crippen molar-refractivity contribution in [1.29, 1.82) is 0 Å². The van der Waals surface area contributed by atoms with Gasteiger partial charge in [0.2, 0.25) is 0 Å². The predicted molar refractivity (Wildman–Crippen MR) is 73.0 cm³/mol. The Kier molecular flexibility index (Phi) is 4.57. The average molecular weight is 232 g/mol. The molecular weight excluding hydrogens is 208 g/mol. The van der Waals surface area contributed by atoms with Crippen LogP contribution in [0.5, 0.6) is 0 Å². The zero-order valence-electron chi connectivity index (χ0n) is 10.9. The van der Waals surface area contributed by atoms with Crippen LogP contribution in [-0.2, 0) is 6.54 Å². The molecule has 94 valence electrons. The van der Waals surface area contributed by atoms with Gasteiger partial charge in [0.05, 0.1) is 0 Å². The van der Waals surface area contributed by atoms with Crippen LogP contribution >= 0.6 is 0 Å². The number of hydrogen-bond donors (Lipinski definition) is 1. The first kappa shape index (κ1) is 12.6. The number of nitrogens with zero attached hydrogens (tertiary/aromatic N) is 1. The van der Waals surface area contributed by atoms with Gasteiger partial charge in [0, 0.05) is 6.54 Å². The quantitative estimate of drug-likeness (QED) is 0.846. The minimum Gasteiger partial charge on any atom is -0.330 e. The molecule has 1 unspecified atom stereocenters. The lowest BCUT2D eigenvalue weighted by Gasteiger charge is -2.20. The van der Waals surface area contributed by atoms with Crippen molar-refractivity contribution < 1.29 is 0 Å². The van der Waals surface area contributed by atoms with Crippen molar-refractivity contribution in [3.8, 4) is 0 Å². The molecule has 1 fully saturated rings. The molecule has 0 radical (unpaired) electrons. The van der Waals surface area contributed by atoms with Crippen molar-refractivity contribution in [3.05, 3.63) is 35.4 Å². The van der Waals surface area contributed by atoms with E-state index in [-0.39, 0.29) is 0 Å². The third-order valence-electron chi connectivity index (χ3n) is 3.78. The highest BCUT2D eigenvalue weighted by molar-refractivity contribution is 5.30. The van der Waals surface area contributed by atoms with Crippen molar-refractivity contribution in [2.24, 2.45) is 5.73 Å². The predicted octanol–water partition coefficient (Wildman–Crippen LogP) is 2.73. The van der Waals surface area contributed by atoms with Crippen LogP contribution in [0.2, 0.25) is 0 Å². The monoisotopic (exact) mass is 232 g/mol. The summed E-state index contributed by atoms with van der Waals surface area (Å²) in [4.78, 5) is 2.56. The summed E-state index contributed by atoms with van der Waals surface area (Å²) < 4.78 is 0. The molecule has 1 aliphatic rings. The normalized spacial score (nSPS) is 18.5. The van der Waals surface area contributed by atoms with Gasteiger partial charge in [-0.15, -0.1) is 0 Å². The molecule has 1 atom stereocenters. The highest BCUT2D eigenvalue weighted by atomic mass is 15.1. The molecule has 0 amide bonds. The summed E-state index contributed by atoms with van der Waals surface area (Å²) in [6.07, 6.45) is 3.80. The van der Waals surface area contributed by atoms with Crippen molar-refractivity contribution in [3.63, 3.8) is 0 Å². The largest absolute Gasteiger partial charge is 0.330 e. The van der Waals surface area contributed by atoms with Gasteiger partial charge in [-0.1, -0.05) is 31.2 Å². The Morgan fingerprint density at radius 2 is 1.94 bits per heavy atom. The maximum atomic E-state index is 5.67. The van der Waals surface area contributed by atoms with Gasteiger partial charge in [-0.3, -0.25) is 4.90 Å². The van der Waals surface area contributed by atoms with E-state index >= 15 is 0 Å². The molecule has 1 aromatic rings. The van der Waals surface area contributed by atoms with Gasteiger partial charge in [0.25, 0.3) is 0 Å². The Morgan fingerprint density at radius 1 is 1.24 bits per heavy atom. The molecule has 2 rings (SSSR count). The standard InChI is InChI=1S/C15H24N2/c1-13(8-9-16)15-7-3-2-6-14(15)12-17-10-4-5-11-17/h2-3,6-7,13H,4-5,8-12,16H2,1H3. The zero-order chi connectivity index (χ0) is 12.1. The number of benzene rings is 1. The molecule has 0 saturated carbocycles. The molecule has 2 N–H and O–H groups in total. The third-order valence-corrected chi connectivity index (χ3v) is 3.78. The second kappa shape index (κ2) is 6.18. The number of likely N-dealkylation sites (tertiary alicyclic amines) is 1. The molecule has 2 heteroatoms. The fourth-order valence-corrected chi connectivity index (χ4v) is 2.75. The van der Waals surface area contributed by atoms with Crippen LogP contribution in [0.15, 0.2) is 24.3 Å². The summed E-state index contributed by atoms with van der Waals surface area (Å²) in [5.41, 5.74) is 8.66. The molecule has 0 aliphatic carbocycles. The maximum Gasteiger partial charge on any atom is 0.0236 e. The topological polar surface area (TPSA) is 29.3 Å². The van der Waals surface area contributed by atoms with Gasteiger partial charge in [-0.05, 0) is 55.9 Å². The van der Waals surface area contributed by atoms with Crippen LogP contribution in [-0.4, -0.2) is 24.5 Å². The Morgan fingerprint density at radius 3 is 2.65 bits per heavy atom. The summed E-state index contributed by atoms with van der Waals surface area (Å²) in [5.74, 6) is 0.582. The van der Waals surface area contributed by atoms with E-state index in [0.717, 1.165) is 19.5 Å². The van der Waals surface area contributed by atoms with E-state index in [1.807, 2.05) is 0 Å². The summed E-state index contributed by atoms with van der Waals surface area (Å²) in [6.45, 7) is 6.71. The Balaban J connectivity index is 2.09. The Hall–Kier alpha value is -0.860. The summed E-state index contributed by atoms with van der Waals surface area (Å²) in [5, 5.41) is 0. The number of rotatable bonds is 5. The lowest BCUT2D eigenvalue weighted by molar-refractivity contribution is 0.329. The lowest BCUT2D eigenvalue weighted by Crippen LogP contribution is -2.20. The van der Waals surface area contributed by atoms with Crippen LogP contribution in [0, 0.1) is 0 Å². The minimum absolute atomic E-state index is 0.582. The van der Waals surface area contributed by atoms with Gasteiger partial charge >= 0.3 is 0 Å². The van der Waals surface area contributed by atoms with E-state index in [9.17, 15) is 0 Å². The van der Waals surface area contributed by atoms with Gasteiger partial charge < -0.3 is 5.73 Å². The second-order valence-corrected chi connectivity index (χ2v) is 5.16. The van der Waals surface area contributed by atoms with Crippen molar-refractivity contribution in [1.82, 2.24) is 4.90 Å². The molecule has 0 bridgehead atoms. The van der Waals surface area contributed by atoms with Crippen LogP contribution in [0.3, 0.4) is 0 Å². The van der Waals surface area contributed by atoms with E-state index in [2.05, 4.69) is 36.1 Å². The van der Waals surface area contributed by atoms with Gasteiger partial charge in [0.15, 0.2) is 0 Å². The van der Waals surface area contributed by atoms with E-state index in [0.29, 0.717) is 5.92 Å². The fraction of sp³-hybridized carbons (Fsp3) is 0.600. The third kappa shape index (κ3) is 3.30. The number of nitrogens with two attached hydrogens (primary N) is 1. The summed E-state index contributed by atoms with van der Waals surface area (Å²) >= 11 is 0. The van der Waals surface area contributed by atoms with Gasteiger partial charge in [-0.25, -0.2) is 0 Å². The first-order valence-electron chi connectivity index (χ1n) is 6.81. The van der Waals surface area contributed by atoms with E-state index in [1.54, 1.807) is 0 Å². The SMILES string of the molecule is CC(CCN)c1ccccc1CN1CCCC1. The first-order valence-corrected chi connectivity index (χ1v) is 6.81. The zero-order valence-corrected chi connectivity index (χ0v) is 10.9. The van der Waals surface area contributed by atoms with Gasteiger partial charge in [-0.2, -0.15) is 0 Å². The minimum atomic E-state index is 0.582. The Bertz CT molecular complexity index is 343. The van der Waals surface area contributed by atoms with E-state index in [4.69, 9.17) is 5.73 Å². The van der Waals surface area contributed by atoms with E-state index < -0.39 is 0 Å². The summed E-state index contributed by atoms with van der Waals surface area (Å²) in [6, 6.07) is 8.85. The van der Waals surface area contributed by atoms with Crippen LogP contribution in [0.4, 0.5) is 0 Å². The maximum absolute atomic E-state index is 5.67. The highest BCUT2D eigenvalue weighted by Gasteiger charge is 2.15. The second-order valence-electron chi connectivity index (χ2n) is 5.16. The van der Waals surface area contributed by atoms with Crippen molar-refractivity contribution in [2.45, 2.75) is 38.6 Å². The highest BCUT2D eigenvalue weighted by Crippen LogP contribution is 2.24. The smallest absolute Gasteiger partial charge is 0.0236 e. The summed E-state index contributed by atoms with van der Waals surface area (Å²) in [7, 11) is 0. The van der Waals surface area contributed by atoms with Crippen LogP contribution in [0.1, 0.15) is 43.2 Å². The molecule has 1 aliphatic heterocycles. The first-order chi connectivity index (χ1) is 8.31. The Labute approximate surface area is 105 Å². The number of hydrogen-bond acceptors (Lipinski definition) is 2. The van der Waals surface area contributed by atoms with Crippen LogP contribution < -0.4 is 5.73 Å². The molecule has 2 nitrogen and oxygen atoms in total. The van der Waals surface area contributed by atoms with Crippen molar-refractivity contribution in [2.75, 3.05) is 19.6 Å². The van der Waals surface area contributed by atoms with E-state index in [1.165, 1.54) is 37.1 Å². The lowest BCUT2D eigenvalue weighted by atomic mass is 9.93. The molecule has 1 saturated heterocycles. The van der Waals surface area contributed by atoms with Gasteiger partial charge in [0.1, 0.15) is 0 Å². The molecular formula is C15H24N2. The average Bonchev–Trinajstić information content (AvgIpc) is 2.83. The van der Waals surface area contributed by atoms with Crippen LogP contribution in [0.25, 0.3) is 0 Å². The molecule has 1 heterocycles. The molecule has 1 aromatic carbocycles.